The van der Waals surface area contributed by atoms with Gasteiger partial charge in [-0.2, -0.15) is 0 Å². The van der Waals surface area contributed by atoms with E-state index >= 15 is 0 Å². The second kappa shape index (κ2) is 6.44. The van der Waals surface area contributed by atoms with Crippen LogP contribution in [0, 0.1) is 10.1 Å². The van der Waals surface area contributed by atoms with Crippen LogP contribution in [-0.2, 0) is 6.54 Å². The quantitative estimate of drug-likeness (QED) is 0.625. The summed E-state index contributed by atoms with van der Waals surface area (Å²) >= 11 is 1.10. The third kappa shape index (κ3) is 3.07. The van der Waals surface area contributed by atoms with Crippen molar-refractivity contribution in [2.45, 2.75) is 29.9 Å². The number of nitrogens with one attached hydrogen (secondary N) is 2. The average molecular weight is 309 g/mol. The Morgan fingerprint density at radius 3 is 2.90 bits per heavy atom. The summed E-state index contributed by atoms with van der Waals surface area (Å²) in [7, 11) is 1.62. The Morgan fingerprint density at radius 2 is 2.29 bits per heavy atom. The zero-order valence-corrected chi connectivity index (χ0v) is 12.4. The molecule has 1 heterocycles. The van der Waals surface area contributed by atoms with Crippen molar-refractivity contribution in [3.05, 3.63) is 38.8 Å². The van der Waals surface area contributed by atoms with Crippen molar-refractivity contribution in [3.63, 3.8) is 0 Å². The molecule has 1 aromatic carbocycles. The second-order valence-corrected chi connectivity index (χ2v) is 5.23. The molecule has 112 valence electrons. The second-order valence-electron chi connectivity index (χ2n) is 4.22. The molecule has 9 heteroatoms. The van der Waals surface area contributed by atoms with Crippen LogP contribution in [0.15, 0.2) is 33.0 Å². The van der Waals surface area contributed by atoms with Crippen LogP contribution in [0.3, 0.4) is 0 Å². The van der Waals surface area contributed by atoms with Crippen molar-refractivity contribution in [2.75, 3.05) is 12.4 Å². The number of H-pyrrole nitrogens is 1. The van der Waals surface area contributed by atoms with Gasteiger partial charge < -0.3 is 5.32 Å². The Kier molecular flexibility index (Phi) is 4.63. The molecule has 8 nitrogen and oxygen atoms in total. The minimum atomic E-state index is -0.441. The Hall–Kier alpha value is -2.29. The molecule has 0 fully saturated rings. The molecule has 21 heavy (non-hydrogen) atoms. The number of nitro benzene ring substituents is 1. The van der Waals surface area contributed by atoms with Gasteiger partial charge in [-0.05, 0) is 30.3 Å². The van der Waals surface area contributed by atoms with Gasteiger partial charge in [0, 0.05) is 13.6 Å². The number of para-hydroxylation sites is 1. The summed E-state index contributed by atoms with van der Waals surface area (Å²) in [4.78, 5) is 22.9. The Balaban J connectivity index is 2.45. The lowest BCUT2D eigenvalue weighted by Gasteiger charge is -2.07. The van der Waals surface area contributed by atoms with Crippen molar-refractivity contribution < 1.29 is 4.92 Å². The van der Waals surface area contributed by atoms with Gasteiger partial charge in [0.2, 0.25) is 0 Å². The van der Waals surface area contributed by atoms with Crippen molar-refractivity contribution >= 4 is 23.1 Å². The van der Waals surface area contributed by atoms with Gasteiger partial charge in [0.05, 0.1) is 9.82 Å². The number of hydrogen-bond acceptors (Lipinski definition) is 6. The highest BCUT2D eigenvalue weighted by Gasteiger charge is 2.21. The predicted octanol–water partition coefficient (Wildman–Crippen LogP) is 2.08. The highest BCUT2D eigenvalue weighted by Crippen LogP contribution is 2.38. The van der Waals surface area contributed by atoms with Crippen LogP contribution in [-0.4, -0.2) is 26.7 Å². The molecule has 2 aromatic rings. The molecule has 0 aliphatic heterocycles. The van der Waals surface area contributed by atoms with Crippen LogP contribution < -0.4 is 11.0 Å². The van der Waals surface area contributed by atoms with E-state index in [9.17, 15) is 14.9 Å². The van der Waals surface area contributed by atoms with Crippen LogP contribution in [0.2, 0.25) is 0 Å². The summed E-state index contributed by atoms with van der Waals surface area (Å²) in [6.07, 6.45) is 0.769. The van der Waals surface area contributed by atoms with Gasteiger partial charge in [0.1, 0.15) is 5.69 Å². The molecule has 0 bridgehead atoms. The molecule has 0 spiro atoms. The lowest BCUT2D eigenvalue weighted by molar-refractivity contribution is -0.386. The molecule has 0 saturated heterocycles. The van der Waals surface area contributed by atoms with Gasteiger partial charge in [-0.25, -0.2) is 9.89 Å². The predicted molar refractivity (Wildman–Crippen MR) is 79.9 cm³/mol. The van der Waals surface area contributed by atoms with Gasteiger partial charge >= 0.3 is 11.4 Å². The first-order chi connectivity index (χ1) is 10.1. The molecule has 0 amide bonds. The number of benzene rings is 1. The molecule has 0 aliphatic carbocycles. The van der Waals surface area contributed by atoms with Crippen molar-refractivity contribution in [1.82, 2.24) is 14.8 Å². The van der Waals surface area contributed by atoms with E-state index in [1.165, 1.54) is 4.57 Å². The Bertz CT molecular complexity index is 709. The van der Waals surface area contributed by atoms with Crippen molar-refractivity contribution in [3.8, 4) is 0 Å². The normalized spacial score (nSPS) is 10.6. The number of aromatic amines is 1. The minimum absolute atomic E-state index is 0.0245. The highest BCUT2D eigenvalue weighted by atomic mass is 32.2. The highest BCUT2D eigenvalue weighted by molar-refractivity contribution is 7.99. The summed E-state index contributed by atoms with van der Waals surface area (Å²) in [6, 6.07) is 4.99. The van der Waals surface area contributed by atoms with Gasteiger partial charge in [0.15, 0.2) is 5.16 Å². The summed E-state index contributed by atoms with van der Waals surface area (Å²) in [5, 5.41) is 20.8. The van der Waals surface area contributed by atoms with Crippen LogP contribution in [0.1, 0.15) is 13.3 Å². The molecule has 1 aromatic heterocycles. The van der Waals surface area contributed by atoms with Crippen molar-refractivity contribution in [1.29, 1.82) is 0 Å². The number of anilines is 1. The fourth-order valence-electron chi connectivity index (χ4n) is 1.90. The van der Waals surface area contributed by atoms with E-state index in [-0.39, 0.29) is 11.4 Å². The number of aromatic nitrogens is 3. The SMILES string of the molecule is CCCn1c(Sc2cccc(NC)c2[N+](=O)[O-])n[nH]c1=O. The maximum absolute atomic E-state index is 11.6. The Labute approximate surface area is 124 Å². The fraction of sp³-hybridized carbons (Fsp3) is 0.333. The third-order valence-corrected chi connectivity index (χ3v) is 3.87. The largest absolute Gasteiger partial charge is 0.383 e. The summed E-state index contributed by atoms with van der Waals surface area (Å²) in [6.45, 7) is 2.45. The van der Waals surface area contributed by atoms with Gasteiger partial charge in [-0.15, -0.1) is 5.10 Å². The van der Waals surface area contributed by atoms with E-state index in [1.54, 1.807) is 25.2 Å². The van der Waals surface area contributed by atoms with Crippen molar-refractivity contribution in [2.24, 2.45) is 0 Å². The van der Waals surface area contributed by atoms with E-state index in [0.717, 1.165) is 18.2 Å². The number of nitro groups is 1. The molecular formula is C12H15N5O3S. The number of hydrogen-bond donors (Lipinski definition) is 2. The third-order valence-electron chi connectivity index (χ3n) is 2.82. The lowest BCUT2D eigenvalue weighted by atomic mass is 10.3. The smallest absolute Gasteiger partial charge is 0.343 e. The first kappa shape index (κ1) is 15.1. The monoisotopic (exact) mass is 309 g/mol. The first-order valence-electron chi connectivity index (χ1n) is 6.36. The number of rotatable bonds is 6. The Morgan fingerprint density at radius 1 is 1.52 bits per heavy atom. The average Bonchev–Trinajstić information content (AvgIpc) is 2.80. The van der Waals surface area contributed by atoms with Crippen LogP contribution in [0.5, 0.6) is 0 Å². The molecule has 0 atom stereocenters. The van der Waals surface area contributed by atoms with E-state index in [0.29, 0.717) is 22.3 Å². The number of nitrogens with zero attached hydrogens (tertiary/aromatic N) is 3. The molecular weight excluding hydrogens is 294 g/mol. The minimum Gasteiger partial charge on any atom is -0.383 e. The standard InChI is InChI=1S/C12H15N5O3S/c1-3-7-16-11(18)14-15-12(16)21-9-6-4-5-8(13-2)10(9)17(19)20/h4-6,13H,3,7H2,1-2H3,(H,14,18). The summed E-state index contributed by atoms with van der Waals surface area (Å²) < 4.78 is 1.47. The topological polar surface area (TPSA) is 106 Å². The molecule has 0 saturated carbocycles. The van der Waals surface area contributed by atoms with Gasteiger partial charge in [-0.1, -0.05) is 13.0 Å². The molecule has 0 aliphatic rings. The summed E-state index contributed by atoms with van der Waals surface area (Å²) in [5.74, 6) is 0. The van der Waals surface area contributed by atoms with Crippen LogP contribution in [0.25, 0.3) is 0 Å². The van der Waals surface area contributed by atoms with Crippen LogP contribution >= 0.6 is 11.8 Å². The fourth-order valence-corrected chi connectivity index (χ4v) is 2.90. The summed E-state index contributed by atoms with van der Waals surface area (Å²) in [5.41, 5.74) is 0.0835. The first-order valence-corrected chi connectivity index (χ1v) is 7.18. The zero-order valence-electron chi connectivity index (χ0n) is 11.6. The van der Waals surface area contributed by atoms with E-state index < -0.39 is 4.92 Å². The van der Waals surface area contributed by atoms with E-state index in [4.69, 9.17) is 0 Å². The van der Waals surface area contributed by atoms with Gasteiger partial charge in [0.25, 0.3) is 0 Å². The van der Waals surface area contributed by atoms with E-state index in [1.807, 2.05) is 6.92 Å². The van der Waals surface area contributed by atoms with E-state index in [2.05, 4.69) is 15.5 Å². The molecule has 2 rings (SSSR count). The van der Waals surface area contributed by atoms with Gasteiger partial charge in [-0.3, -0.25) is 14.7 Å². The molecule has 0 unspecified atom stereocenters. The molecule has 0 radical (unpaired) electrons. The molecule has 2 N–H and O–H groups in total. The van der Waals surface area contributed by atoms with Crippen LogP contribution in [0.4, 0.5) is 11.4 Å². The maximum Gasteiger partial charge on any atom is 0.343 e. The lowest BCUT2D eigenvalue weighted by Crippen LogP contribution is -2.17. The maximum atomic E-state index is 11.6. The zero-order chi connectivity index (χ0) is 15.4.